The molecule has 1 aromatic heterocycles. The Labute approximate surface area is 103 Å². The van der Waals surface area contributed by atoms with Crippen molar-refractivity contribution in [3.05, 3.63) is 23.0 Å². The molecule has 0 aliphatic rings. The van der Waals surface area contributed by atoms with Gasteiger partial charge in [0.15, 0.2) is 0 Å². The van der Waals surface area contributed by atoms with Crippen molar-refractivity contribution in [3.63, 3.8) is 0 Å². The van der Waals surface area contributed by atoms with Crippen molar-refractivity contribution < 1.29 is 9.63 Å². The Balaban J connectivity index is 3.25. The van der Waals surface area contributed by atoms with Gasteiger partial charge in [-0.15, -0.1) is 0 Å². The molecule has 0 unspecified atom stereocenters. The second kappa shape index (κ2) is 4.53. The van der Waals surface area contributed by atoms with Crippen LogP contribution in [0.25, 0.3) is 0 Å². The van der Waals surface area contributed by atoms with Crippen LogP contribution in [0.15, 0.2) is 6.20 Å². The van der Waals surface area contributed by atoms with E-state index in [0.29, 0.717) is 5.56 Å². The van der Waals surface area contributed by atoms with E-state index in [4.69, 9.17) is 4.84 Å². The summed E-state index contributed by atoms with van der Waals surface area (Å²) in [5, 5.41) is 1.24. The zero-order valence-corrected chi connectivity index (χ0v) is 11.8. The van der Waals surface area contributed by atoms with E-state index in [0.717, 1.165) is 11.3 Å². The van der Waals surface area contributed by atoms with Crippen molar-refractivity contribution in [2.24, 2.45) is 0 Å². The summed E-state index contributed by atoms with van der Waals surface area (Å²) in [7, 11) is 3.10. The van der Waals surface area contributed by atoms with Crippen LogP contribution < -0.4 is 0 Å². The van der Waals surface area contributed by atoms with Crippen LogP contribution >= 0.6 is 0 Å². The molecule has 17 heavy (non-hydrogen) atoms. The fourth-order valence-electron chi connectivity index (χ4n) is 1.86. The van der Waals surface area contributed by atoms with E-state index in [1.165, 1.54) is 12.2 Å². The SMILES string of the molecule is CON(C)C(=O)c1cn(C(C)(C)C)c(C)c1C. The normalized spacial score (nSPS) is 11.7. The molecular formula is C13H22N2O2. The van der Waals surface area contributed by atoms with Gasteiger partial charge in [0, 0.05) is 24.5 Å². The zero-order chi connectivity index (χ0) is 13.4. The Morgan fingerprint density at radius 2 is 1.88 bits per heavy atom. The first kappa shape index (κ1) is 13.8. The van der Waals surface area contributed by atoms with Gasteiger partial charge in [0.25, 0.3) is 5.91 Å². The van der Waals surface area contributed by atoms with Crippen LogP contribution in [-0.4, -0.2) is 29.7 Å². The molecule has 0 bridgehead atoms. The predicted molar refractivity (Wildman–Crippen MR) is 68.0 cm³/mol. The number of amides is 1. The highest BCUT2D eigenvalue weighted by molar-refractivity contribution is 5.95. The maximum atomic E-state index is 12.1. The first-order valence-corrected chi connectivity index (χ1v) is 5.71. The van der Waals surface area contributed by atoms with Crippen LogP contribution in [0.1, 0.15) is 42.4 Å². The molecule has 4 nitrogen and oxygen atoms in total. The molecule has 0 fully saturated rings. The lowest BCUT2D eigenvalue weighted by Crippen LogP contribution is -2.26. The number of rotatable bonds is 2. The number of hydroxylamine groups is 2. The largest absolute Gasteiger partial charge is 0.345 e. The van der Waals surface area contributed by atoms with E-state index in [9.17, 15) is 4.79 Å². The fraction of sp³-hybridized carbons (Fsp3) is 0.615. The van der Waals surface area contributed by atoms with Crippen molar-refractivity contribution in [2.75, 3.05) is 14.2 Å². The van der Waals surface area contributed by atoms with Crippen LogP contribution in [0.5, 0.6) is 0 Å². The van der Waals surface area contributed by atoms with Gasteiger partial charge in [-0.3, -0.25) is 9.63 Å². The summed E-state index contributed by atoms with van der Waals surface area (Å²) in [4.78, 5) is 17.0. The molecule has 0 aliphatic carbocycles. The quantitative estimate of drug-likeness (QED) is 0.742. The van der Waals surface area contributed by atoms with Crippen molar-refractivity contribution in [1.29, 1.82) is 0 Å². The van der Waals surface area contributed by atoms with Crippen LogP contribution in [0.3, 0.4) is 0 Å². The van der Waals surface area contributed by atoms with E-state index in [1.54, 1.807) is 7.05 Å². The Morgan fingerprint density at radius 3 is 2.24 bits per heavy atom. The molecule has 1 amide bonds. The Morgan fingerprint density at radius 1 is 1.35 bits per heavy atom. The third kappa shape index (κ3) is 2.52. The summed E-state index contributed by atoms with van der Waals surface area (Å²) in [6.45, 7) is 10.4. The number of aromatic nitrogens is 1. The lowest BCUT2D eigenvalue weighted by Gasteiger charge is -2.23. The zero-order valence-electron chi connectivity index (χ0n) is 11.8. The number of nitrogens with zero attached hydrogens (tertiary/aromatic N) is 2. The number of hydrogen-bond donors (Lipinski definition) is 0. The van der Waals surface area contributed by atoms with E-state index in [-0.39, 0.29) is 11.4 Å². The topological polar surface area (TPSA) is 34.5 Å². The van der Waals surface area contributed by atoms with Gasteiger partial charge in [0.1, 0.15) is 0 Å². The third-order valence-corrected chi connectivity index (χ3v) is 3.08. The summed E-state index contributed by atoms with van der Waals surface area (Å²) in [6, 6.07) is 0. The first-order valence-electron chi connectivity index (χ1n) is 5.71. The molecule has 1 aromatic rings. The molecule has 0 saturated heterocycles. The highest BCUT2D eigenvalue weighted by Gasteiger charge is 2.23. The monoisotopic (exact) mass is 238 g/mol. The molecule has 0 spiro atoms. The summed E-state index contributed by atoms with van der Waals surface area (Å²) < 4.78 is 2.12. The first-order chi connectivity index (χ1) is 7.70. The second-order valence-electron chi connectivity index (χ2n) is 5.28. The molecular weight excluding hydrogens is 216 g/mol. The molecule has 0 aliphatic heterocycles. The minimum atomic E-state index is -0.115. The minimum Gasteiger partial charge on any atom is -0.345 e. The van der Waals surface area contributed by atoms with Gasteiger partial charge >= 0.3 is 0 Å². The maximum absolute atomic E-state index is 12.1. The summed E-state index contributed by atoms with van der Waals surface area (Å²) in [6.07, 6.45) is 1.91. The van der Waals surface area contributed by atoms with Gasteiger partial charge in [-0.2, -0.15) is 0 Å². The number of carbonyl (C=O) groups is 1. The molecule has 0 aromatic carbocycles. The van der Waals surface area contributed by atoms with Crippen LogP contribution in [0.2, 0.25) is 0 Å². The standard InChI is InChI=1S/C13H22N2O2/c1-9-10(2)15(13(3,4)5)8-11(9)12(16)14(6)17-7/h8H,1-7H3. The third-order valence-electron chi connectivity index (χ3n) is 3.08. The molecule has 0 atom stereocenters. The van der Waals surface area contributed by atoms with Crippen LogP contribution in [-0.2, 0) is 10.4 Å². The fourth-order valence-corrected chi connectivity index (χ4v) is 1.86. The predicted octanol–water partition coefficient (Wildman–Crippen LogP) is 2.49. The van der Waals surface area contributed by atoms with E-state index < -0.39 is 0 Å². The Hall–Kier alpha value is -1.29. The van der Waals surface area contributed by atoms with Gasteiger partial charge in [-0.1, -0.05) is 0 Å². The van der Waals surface area contributed by atoms with E-state index in [1.807, 2.05) is 20.0 Å². The molecule has 0 N–H and O–H groups in total. The minimum absolute atomic E-state index is 0.0288. The Bertz CT molecular complexity index is 427. The maximum Gasteiger partial charge on any atom is 0.278 e. The summed E-state index contributed by atoms with van der Waals surface area (Å²) in [5.74, 6) is -0.115. The highest BCUT2D eigenvalue weighted by Crippen LogP contribution is 2.24. The summed E-state index contributed by atoms with van der Waals surface area (Å²) >= 11 is 0. The van der Waals surface area contributed by atoms with Gasteiger partial charge in [0.2, 0.25) is 0 Å². The lowest BCUT2D eigenvalue weighted by atomic mass is 10.1. The number of carbonyl (C=O) groups excluding carboxylic acids is 1. The average molecular weight is 238 g/mol. The summed E-state index contributed by atoms with van der Waals surface area (Å²) in [5.41, 5.74) is 2.79. The number of hydrogen-bond acceptors (Lipinski definition) is 2. The second-order valence-corrected chi connectivity index (χ2v) is 5.28. The molecule has 0 radical (unpaired) electrons. The Kier molecular flexibility index (Phi) is 3.67. The van der Waals surface area contributed by atoms with Gasteiger partial charge in [-0.25, -0.2) is 5.06 Å². The van der Waals surface area contributed by atoms with Gasteiger partial charge in [-0.05, 0) is 40.2 Å². The molecule has 96 valence electrons. The van der Waals surface area contributed by atoms with E-state index in [2.05, 4.69) is 25.3 Å². The highest BCUT2D eigenvalue weighted by atomic mass is 16.7. The van der Waals surface area contributed by atoms with Crippen LogP contribution in [0.4, 0.5) is 0 Å². The molecule has 1 rings (SSSR count). The molecule has 4 heteroatoms. The molecule has 0 saturated carbocycles. The van der Waals surface area contributed by atoms with Crippen molar-refractivity contribution in [1.82, 2.24) is 9.63 Å². The van der Waals surface area contributed by atoms with Gasteiger partial charge < -0.3 is 4.57 Å². The van der Waals surface area contributed by atoms with E-state index >= 15 is 0 Å². The molecule has 1 heterocycles. The smallest absolute Gasteiger partial charge is 0.278 e. The van der Waals surface area contributed by atoms with Crippen molar-refractivity contribution in [2.45, 2.75) is 40.2 Å². The lowest BCUT2D eigenvalue weighted by molar-refractivity contribution is -0.0757. The van der Waals surface area contributed by atoms with Crippen LogP contribution in [0, 0.1) is 13.8 Å². The van der Waals surface area contributed by atoms with Crippen molar-refractivity contribution >= 4 is 5.91 Å². The van der Waals surface area contributed by atoms with Gasteiger partial charge in [0.05, 0.1) is 12.7 Å². The van der Waals surface area contributed by atoms with Crippen molar-refractivity contribution in [3.8, 4) is 0 Å². The average Bonchev–Trinajstić information content (AvgIpc) is 2.53.